The molecule has 1 saturated heterocycles. The van der Waals surface area contributed by atoms with E-state index in [9.17, 15) is 4.79 Å². The van der Waals surface area contributed by atoms with E-state index in [2.05, 4.69) is 35.6 Å². The van der Waals surface area contributed by atoms with Gasteiger partial charge in [0.05, 0.1) is 26.1 Å². The second-order valence-electron chi connectivity index (χ2n) is 7.01. The van der Waals surface area contributed by atoms with Gasteiger partial charge in [-0.1, -0.05) is 42.5 Å². The Morgan fingerprint density at radius 2 is 1.73 bits per heavy atom. The van der Waals surface area contributed by atoms with Crippen molar-refractivity contribution >= 4 is 5.91 Å². The summed E-state index contributed by atoms with van der Waals surface area (Å²) < 4.78 is 5.44. The Morgan fingerprint density at radius 1 is 1.04 bits per heavy atom. The van der Waals surface area contributed by atoms with Crippen LogP contribution in [0, 0.1) is 0 Å². The molecule has 2 aromatic rings. The van der Waals surface area contributed by atoms with Gasteiger partial charge in [-0.3, -0.25) is 4.79 Å². The van der Waals surface area contributed by atoms with Crippen LogP contribution in [0.3, 0.4) is 0 Å². The average Bonchev–Trinajstić information content (AvgIpc) is 2.66. The average molecular weight is 353 g/mol. The third-order valence-electron chi connectivity index (χ3n) is 4.95. The van der Waals surface area contributed by atoms with Crippen molar-refractivity contribution in [3.8, 4) is 5.75 Å². The number of hydrogen-bond acceptors (Lipinski definition) is 2. The van der Waals surface area contributed by atoms with Crippen LogP contribution in [0.15, 0.2) is 54.6 Å². The summed E-state index contributed by atoms with van der Waals surface area (Å²) >= 11 is 0. The SMILES string of the molecule is CCOc1ccc(CC(=O)NC2CC[NH+](Cc3ccccc3)CC2)cc1. The molecule has 0 spiro atoms. The van der Waals surface area contributed by atoms with Gasteiger partial charge in [0.15, 0.2) is 0 Å². The molecule has 0 bridgehead atoms. The van der Waals surface area contributed by atoms with Crippen molar-refractivity contribution < 1.29 is 14.4 Å². The molecule has 1 amide bonds. The fourth-order valence-electron chi connectivity index (χ4n) is 3.57. The zero-order valence-electron chi connectivity index (χ0n) is 15.5. The summed E-state index contributed by atoms with van der Waals surface area (Å²) in [6.45, 7) is 5.93. The normalized spacial score (nSPS) is 19.7. The van der Waals surface area contributed by atoms with Gasteiger partial charge in [0, 0.05) is 24.4 Å². The quantitative estimate of drug-likeness (QED) is 0.799. The first-order valence-electron chi connectivity index (χ1n) is 9.61. The van der Waals surface area contributed by atoms with Gasteiger partial charge in [0.2, 0.25) is 5.91 Å². The predicted octanol–water partition coefficient (Wildman–Crippen LogP) is 1.99. The van der Waals surface area contributed by atoms with E-state index in [1.54, 1.807) is 4.90 Å². The summed E-state index contributed by atoms with van der Waals surface area (Å²) in [5, 5.41) is 3.21. The summed E-state index contributed by atoms with van der Waals surface area (Å²) in [7, 11) is 0. The van der Waals surface area contributed by atoms with Gasteiger partial charge < -0.3 is 15.0 Å². The number of hydrogen-bond donors (Lipinski definition) is 2. The Hall–Kier alpha value is -2.33. The van der Waals surface area contributed by atoms with E-state index < -0.39 is 0 Å². The maximum atomic E-state index is 12.3. The van der Waals surface area contributed by atoms with Gasteiger partial charge in [-0.25, -0.2) is 0 Å². The van der Waals surface area contributed by atoms with Crippen LogP contribution in [0.4, 0.5) is 0 Å². The standard InChI is InChI=1S/C22H28N2O2/c1-2-26-21-10-8-18(9-11-21)16-22(25)23-20-12-14-24(15-13-20)17-19-6-4-3-5-7-19/h3-11,20H,2,12-17H2,1H3,(H,23,25)/p+1. The molecule has 4 heteroatoms. The smallest absolute Gasteiger partial charge is 0.224 e. The molecule has 0 aromatic heterocycles. The van der Waals surface area contributed by atoms with Crippen LogP contribution < -0.4 is 15.0 Å². The fourth-order valence-corrected chi connectivity index (χ4v) is 3.57. The van der Waals surface area contributed by atoms with Crippen LogP contribution in [0.5, 0.6) is 5.75 Å². The third-order valence-corrected chi connectivity index (χ3v) is 4.95. The van der Waals surface area contributed by atoms with E-state index in [1.807, 2.05) is 31.2 Å². The van der Waals surface area contributed by atoms with E-state index in [0.29, 0.717) is 19.1 Å². The van der Waals surface area contributed by atoms with Gasteiger partial charge in [-0.2, -0.15) is 0 Å². The molecule has 0 radical (unpaired) electrons. The van der Waals surface area contributed by atoms with Crippen LogP contribution in [-0.2, 0) is 17.8 Å². The molecule has 0 saturated carbocycles. The van der Waals surface area contributed by atoms with Crippen molar-refractivity contribution in [2.45, 2.75) is 38.8 Å². The molecule has 1 heterocycles. The number of rotatable bonds is 7. The monoisotopic (exact) mass is 353 g/mol. The summed E-state index contributed by atoms with van der Waals surface area (Å²) in [5.74, 6) is 0.969. The number of carbonyl (C=O) groups excluding carboxylic acids is 1. The molecule has 0 unspecified atom stereocenters. The van der Waals surface area contributed by atoms with Crippen molar-refractivity contribution in [2.75, 3.05) is 19.7 Å². The van der Waals surface area contributed by atoms with E-state index >= 15 is 0 Å². The molecule has 0 aliphatic carbocycles. The Kier molecular flexibility index (Phi) is 6.67. The number of ether oxygens (including phenoxy) is 1. The van der Waals surface area contributed by atoms with E-state index in [4.69, 9.17) is 4.74 Å². The summed E-state index contributed by atoms with van der Waals surface area (Å²) in [6, 6.07) is 18.7. The lowest BCUT2D eigenvalue weighted by atomic mass is 10.0. The highest BCUT2D eigenvalue weighted by Crippen LogP contribution is 2.12. The van der Waals surface area contributed by atoms with Crippen molar-refractivity contribution in [2.24, 2.45) is 0 Å². The number of benzene rings is 2. The molecular weight excluding hydrogens is 324 g/mol. The lowest BCUT2D eigenvalue weighted by molar-refractivity contribution is -0.918. The molecule has 2 aromatic carbocycles. The molecule has 1 aliphatic rings. The lowest BCUT2D eigenvalue weighted by Crippen LogP contribution is -3.12. The molecule has 2 N–H and O–H groups in total. The van der Waals surface area contributed by atoms with Gasteiger partial charge in [-0.05, 0) is 24.6 Å². The molecule has 3 rings (SSSR count). The Balaban J connectivity index is 1.40. The van der Waals surface area contributed by atoms with Crippen LogP contribution in [0.25, 0.3) is 0 Å². The maximum Gasteiger partial charge on any atom is 0.224 e. The first kappa shape index (κ1) is 18.5. The van der Waals surface area contributed by atoms with Crippen LogP contribution >= 0.6 is 0 Å². The van der Waals surface area contributed by atoms with Crippen molar-refractivity contribution in [1.82, 2.24) is 5.32 Å². The van der Waals surface area contributed by atoms with Crippen LogP contribution in [0.2, 0.25) is 0 Å². The molecular formula is C22H29N2O2+. The molecule has 1 aliphatic heterocycles. The van der Waals surface area contributed by atoms with Gasteiger partial charge in [0.25, 0.3) is 0 Å². The zero-order chi connectivity index (χ0) is 18.2. The number of nitrogens with one attached hydrogen (secondary N) is 2. The summed E-state index contributed by atoms with van der Waals surface area (Å²) in [4.78, 5) is 13.9. The second kappa shape index (κ2) is 9.39. The summed E-state index contributed by atoms with van der Waals surface area (Å²) in [6.07, 6.45) is 2.54. The highest BCUT2D eigenvalue weighted by Gasteiger charge is 2.23. The molecule has 1 fully saturated rings. The number of carbonyl (C=O) groups is 1. The first-order chi connectivity index (χ1) is 12.7. The van der Waals surface area contributed by atoms with E-state index in [1.165, 1.54) is 5.56 Å². The molecule has 0 atom stereocenters. The largest absolute Gasteiger partial charge is 0.494 e. The van der Waals surface area contributed by atoms with Crippen molar-refractivity contribution in [3.05, 3.63) is 65.7 Å². The van der Waals surface area contributed by atoms with Gasteiger partial charge in [0.1, 0.15) is 12.3 Å². The first-order valence-corrected chi connectivity index (χ1v) is 9.61. The Bertz CT molecular complexity index is 677. The van der Waals surface area contributed by atoms with E-state index in [-0.39, 0.29) is 5.91 Å². The maximum absolute atomic E-state index is 12.3. The minimum absolute atomic E-state index is 0.116. The van der Waals surface area contributed by atoms with Crippen LogP contribution in [-0.4, -0.2) is 31.6 Å². The molecule has 138 valence electrons. The topological polar surface area (TPSA) is 42.8 Å². The highest BCUT2D eigenvalue weighted by atomic mass is 16.5. The minimum atomic E-state index is 0.116. The Labute approximate surface area is 156 Å². The minimum Gasteiger partial charge on any atom is -0.494 e. The number of likely N-dealkylation sites (tertiary alicyclic amines) is 1. The number of amides is 1. The third kappa shape index (κ3) is 5.60. The fraction of sp³-hybridized carbons (Fsp3) is 0.409. The molecule has 26 heavy (non-hydrogen) atoms. The van der Waals surface area contributed by atoms with Crippen molar-refractivity contribution in [3.63, 3.8) is 0 Å². The number of piperidine rings is 1. The highest BCUT2D eigenvalue weighted by molar-refractivity contribution is 5.78. The second-order valence-corrected chi connectivity index (χ2v) is 7.01. The van der Waals surface area contributed by atoms with Gasteiger partial charge >= 0.3 is 0 Å². The van der Waals surface area contributed by atoms with E-state index in [0.717, 1.165) is 43.8 Å². The van der Waals surface area contributed by atoms with Gasteiger partial charge in [-0.15, -0.1) is 0 Å². The van der Waals surface area contributed by atoms with Crippen molar-refractivity contribution in [1.29, 1.82) is 0 Å². The zero-order valence-corrected chi connectivity index (χ0v) is 15.5. The Morgan fingerprint density at radius 3 is 2.38 bits per heavy atom. The summed E-state index contributed by atoms with van der Waals surface area (Å²) in [5.41, 5.74) is 2.42. The number of quaternary nitrogens is 1. The predicted molar refractivity (Wildman–Crippen MR) is 103 cm³/mol. The molecule has 4 nitrogen and oxygen atoms in total. The van der Waals surface area contributed by atoms with Crippen LogP contribution in [0.1, 0.15) is 30.9 Å². The lowest BCUT2D eigenvalue weighted by Gasteiger charge is -2.29.